The number of halogens is 1. The fourth-order valence-electron chi connectivity index (χ4n) is 1.43. The standard InChI is InChI=1S/C9H10ClNO4S/c10-6-1-2-8-9(3-6)14-4-7(15-8)5-16(11,12)13/h1-3,7H,4-5H2,(H2,11,12,13). The van der Waals surface area contributed by atoms with E-state index in [-0.39, 0.29) is 12.4 Å². The van der Waals surface area contributed by atoms with Crippen LogP contribution in [0.4, 0.5) is 0 Å². The van der Waals surface area contributed by atoms with Gasteiger partial charge in [0.05, 0.1) is 0 Å². The van der Waals surface area contributed by atoms with E-state index >= 15 is 0 Å². The quantitative estimate of drug-likeness (QED) is 0.855. The molecular formula is C9H10ClNO4S. The van der Waals surface area contributed by atoms with Crippen LogP contribution < -0.4 is 14.6 Å². The summed E-state index contributed by atoms with van der Waals surface area (Å²) in [4.78, 5) is 0. The van der Waals surface area contributed by atoms with Crippen molar-refractivity contribution >= 4 is 21.6 Å². The van der Waals surface area contributed by atoms with Crippen LogP contribution in [0.5, 0.6) is 11.5 Å². The summed E-state index contributed by atoms with van der Waals surface area (Å²) in [5.74, 6) is 0.720. The SMILES string of the molecule is NS(=O)(=O)CC1COc2cc(Cl)ccc2O1. The number of hydrogen-bond donors (Lipinski definition) is 1. The number of ether oxygens (including phenoxy) is 2. The lowest BCUT2D eigenvalue weighted by molar-refractivity contribution is 0.106. The normalized spacial score (nSPS) is 19.5. The first-order valence-corrected chi connectivity index (χ1v) is 6.63. The lowest BCUT2D eigenvalue weighted by Crippen LogP contribution is -2.37. The summed E-state index contributed by atoms with van der Waals surface area (Å²) in [7, 11) is -3.57. The Kier molecular flexibility index (Phi) is 2.96. The molecule has 1 aromatic carbocycles. The average Bonchev–Trinajstić information content (AvgIpc) is 2.16. The zero-order valence-corrected chi connectivity index (χ0v) is 9.79. The van der Waals surface area contributed by atoms with Gasteiger partial charge in [0.1, 0.15) is 18.5 Å². The summed E-state index contributed by atoms with van der Waals surface area (Å²) in [6.45, 7) is 0.143. The van der Waals surface area contributed by atoms with Gasteiger partial charge < -0.3 is 9.47 Å². The van der Waals surface area contributed by atoms with Crippen LogP contribution in [0, 0.1) is 0 Å². The van der Waals surface area contributed by atoms with Crippen molar-refractivity contribution in [3.63, 3.8) is 0 Å². The third-order valence-corrected chi connectivity index (χ3v) is 3.11. The maximum atomic E-state index is 10.9. The molecule has 0 saturated heterocycles. The molecule has 0 amide bonds. The molecule has 2 rings (SSSR count). The predicted molar refractivity (Wildman–Crippen MR) is 59.3 cm³/mol. The first-order chi connectivity index (χ1) is 7.44. The minimum absolute atomic E-state index is 0.143. The monoisotopic (exact) mass is 263 g/mol. The summed E-state index contributed by atoms with van der Waals surface area (Å²) in [6.07, 6.45) is -0.580. The van der Waals surface area contributed by atoms with Crippen LogP contribution >= 0.6 is 11.6 Å². The Bertz CT molecular complexity index is 502. The molecule has 1 aromatic rings. The molecule has 16 heavy (non-hydrogen) atoms. The van der Waals surface area contributed by atoms with E-state index in [1.165, 1.54) is 0 Å². The zero-order chi connectivity index (χ0) is 11.8. The van der Waals surface area contributed by atoms with Gasteiger partial charge in [-0.15, -0.1) is 0 Å². The average molecular weight is 264 g/mol. The highest BCUT2D eigenvalue weighted by Gasteiger charge is 2.24. The summed E-state index contributed by atoms with van der Waals surface area (Å²) in [5, 5.41) is 5.46. The molecule has 0 fully saturated rings. The molecule has 0 bridgehead atoms. The summed E-state index contributed by atoms with van der Waals surface area (Å²) >= 11 is 5.77. The topological polar surface area (TPSA) is 78.6 Å². The third kappa shape index (κ3) is 2.78. The van der Waals surface area contributed by atoms with Gasteiger partial charge in [0, 0.05) is 11.1 Å². The Balaban J connectivity index is 2.15. The van der Waals surface area contributed by atoms with Crippen molar-refractivity contribution in [3.8, 4) is 11.5 Å². The molecule has 0 saturated carbocycles. The molecule has 1 aliphatic heterocycles. The van der Waals surface area contributed by atoms with Gasteiger partial charge in [-0.05, 0) is 12.1 Å². The van der Waals surface area contributed by atoms with Crippen molar-refractivity contribution < 1.29 is 17.9 Å². The smallest absolute Gasteiger partial charge is 0.212 e. The molecule has 5 nitrogen and oxygen atoms in total. The largest absolute Gasteiger partial charge is 0.486 e. The van der Waals surface area contributed by atoms with E-state index in [4.69, 9.17) is 26.2 Å². The van der Waals surface area contributed by atoms with Gasteiger partial charge in [0.15, 0.2) is 11.5 Å². The first kappa shape index (κ1) is 11.5. The molecule has 0 radical (unpaired) electrons. The van der Waals surface area contributed by atoms with Crippen molar-refractivity contribution in [2.24, 2.45) is 5.14 Å². The number of nitrogens with two attached hydrogens (primary N) is 1. The molecule has 0 spiro atoms. The Labute approximate surface area is 98.2 Å². The number of rotatable bonds is 2. The molecule has 1 aliphatic rings. The van der Waals surface area contributed by atoms with Crippen LogP contribution in [0.2, 0.25) is 5.02 Å². The minimum Gasteiger partial charge on any atom is -0.486 e. The fraction of sp³-hybridized carbons (Fsp3) is 0.333. The number of primary sulfonamides is 1. The molecule has 7 heteroatoms. The highest BCUT2D eigenvalue weighted by atomic mass is 35.5. The molecular weight excluding hydrogens is 254 g/mol. The first-order valence-electron chi connectivity index (χ1n) is 4.53. The van der Waals surface area contributed by atoms with E-state index in [0.29, 0.717) is 16.5 Å². The van der Waals surface area contributed by atoms with Crippen molar-refractivity contribution in [1.82, 2.24) is 0 Å². The van der Waals surface area contributed by atoms with Crippen LogP contribution in [0.3, 0.4) is 0 Å². The molecule has 1 heterocycles. The lowest BCUT2D eigenvalue weighted by Gasteiger charge is -2.25. The van der Waals surface area contributed by atoms with Crippen LogP contribution in [0.15, 0.2) is 18.2 Å². The molecule has 88 valence electrons. The van der Waals surface area contributed by atoms with Crippen molar-refractivity contribution in [3.05, 3.63) is 23.2 Å². The van der Waals surface area contributed by atoms with Crippen LogP contribution in [0.25, 0.3) is 0 Å². The maximum Gasteiger partial charge on any atom is 0.212 e. The van der Waals surface area contributed by atoms with E-state index in [0.717, 1.165) is 0 Å². The van der Waals surface area contributed by atoms with Gasteiger partial charge >= 0.3 is 0 Å². The van der Waals surface area contributed by atoms with Crippen molar-refractivity contribution in [2.45, 2.75) is 6.10 Å². The van der Waals surface area contributed by atoms with Gasteiger partial charge in [-0.1, -0.05) is 11.6 Å². The molecule has 1 unspecified atom stereocenters. The van der Waals surface area contributed by atoms with Gasteiger partial charge in [-0.3, -0.25) is 0 Å². The lowest BCUT2D eigenvalue weighted by atomic mass is 10.3. The van der Waals surface area contributed by atoms with Crippen LogP contribution in [-0.2, 0) is 10.0 Å². The third-order valence-electron chi connectivity index (χ3n) is 2.04. The zero-order valence-electron chi connectivity index (χ0n) is 8.22. The van der Waals surface area contributed by atoms with E-state index in [1.807, 2.05) is 0 Å². The Morgan fingerprint density at radius 2 is 2.19 bits per heavy atom. The Hall–Kier alpha value is -0.980. The van der Waals surface area contributed by atoms with E-state index < -0.39 is 16.1 Å². The van der Waals surface area contributed by atoms with E-state index in [9.17, 15) is 8.42 Å². The minimum atomic E-state index is -3.57. The number of sulfonamides is 1. The summed E-state index contributed by atoms with van der Waals surface area (Å²) in [6, 6.07) is 4.89. The molecule has 2 N–H and O–H groups in total. The number of hydrogen-bond acceptors (Lipinski definition) is 4. The predicted octanol–water partition coefficient (Wildman–Crippen LogP) is 0.768. The molecule has 1 atom stereocenters. The van der Waals surface area contributed by atoms with Crippen molar-refractivity contribution in [1.29, 1.82) is 0 Å². The second kappa shape index (κ2) is 4.12. The van der Waals surface area contributed by atoms with Gasteiger partial charge in [-0.25, -0.2) is 13.6 Å². The van der Waals surface area contributed by atoms with Gasteiger partial charge in [0.2, 0.25) is 10.0 Å². The second-order valence-electron chi connectivity index (χ2n) is 3.47. The van der Waals surface area contributed by atoms with Gasteiger partial charge in [0.25, 0.3) is 0 Å². The van der Waals surface area contributed by atoms with E-state index in [2.05, 4.69) is 0 Å². The summed E-state index contributed by atoms with van der Waals surface area (Å²) < 4.78 is 32.5. The van der Waals surface area contributed by atoms with Crippen LogP contribution in [0.1, 0.15) is 0 Å². The van der Waals surface area contributed by atoms with Crippen LogP contribution in [-0.4, -0.2) is 26.9 Å². The summed E-state index contributed by atoms with van der Waals surface area (Å²) in [5.41, 5.74) is 0. The number of fused-ring (bicyclic) bond motifs is 1. The molecule has 0 aliphatic carbocycles. The van der Waals surface area contributed by atoms with E-state index in [1.54, 1.807) is 18.2 Å². The Morgan fingerprint density at radius 3 is 2.88 bits per heavy atom. The van der Waals surface area contributed by atoms with Gasteiger partial charge in [-0.2, -0.15) is 0 Å². The highest BCUT2D eigenvalue weighted by Crippen LogP contribution is 2.34. The second-order valence-corrected chi connectivity index (χ2v) is 5.57. The van der Waals surface area contributed by atoms with Crippen molar-refractivity contribution in [2.75, 3.05) is 12.4 Å². The maximum absolute atomic E-state index is 10.9. The molecule has 0 aromatic heterocycles. The Morgan fingerprint density at radius 1 is 1.44 bits per heavy atom. The number of benzene rings is 1. The fourth-order valence-corrected chi connectivity index (χ4v) is 2.27. The highest BCUT2D eigenvalue weighted by molar-refractivity contribution is 7.89.